The Morgan fingerprint density at radius 1 is 0.750 bits per heavy atom. The van der Waals surface area contributed by atoms with E-state index in [1.165, 1.54) is 22.3 Å². The molecule has 2 aromatic rings. The van der Waals surface area contributed by atoms with Crippen molar-refractivity contribution in [2.75, 3.05) is 13.1 Å². The monoisotopic (exact) mass is 398 g/mol. The van der Waals surface area contributed by atoms with Crippen LogP contribution in [0.15, 0.2) is 36.4 Å². The molecule has 0 amide bonds. The van der Waals surface area contributed by atoms with Crippen molar-refractivity contribution in [2.45, 2.75) is 34.1 Å². The maximum absolute atomic E-state index is 4.89. The first-order valence-electron chi connectivity index (χ1n) is 7.93. The van der Waals surface area contributed by atoms with Crippen LogP contribution in [0, 0.1) is 27.7 Å². The second-order valence-electron chi connectivity index (χ2n) is 5.77. The molecule has 0 aliphatic carbocycles. The Bertz CT molecular complexity index is 579. The van der Waals surface area contributed by atoms with Gasteiger partial charge in [-0.15, -0.1) is 24.5 Å². The number of rotatable bonds is 6. The quantitative estimate of drug-likeness (QED) is 0.358. The normalized spacial score (nSPS) is 9.75. The van der Waals surface area contributed by atoms with E-state index in [1.54, 1.807) is 0 Å². The zero-order valence-corrected chi connectivity index (χ0v) is 17.8. The van der Waals surface area contributed by atoms with E-state index in [2.05, 4.69) is 74.7 Å². The summed E-state index contributed by atoms with van der Waals surface area (Å²) in [6.07, 6.45) is 0.987. The molecule has 130 valence electrons. The molecular formula is C19H24Cl2N2Ti-2. The Labute approximate surface area is 163 Å². The molecule has 0 saturated heterocycles. The predicted molar refractivity (Wildman–Crippen MR) is 104 cm³/mol. The van der Waals surface area contributed by atoms with Crippen molar-refractivity contribution in [2.24, 2.45) is 0 Å². The molecule has 0 heterocycles. The van der Waals surface area contributed by atoms with Crippen LogP contribution in [-0.4, -0.2) is 13.1 Å². The summed E-state index contributed by atoms with van der Waals surface area (Å²) in [5.74, 6) is 0. The van der Waals surface area contributed by atoms with Gasteiger partial charge in [-0.2, -0.15) is 0 Å². The van der Waals surface area contributed by atoms with E-state index in [1.807, 2.05) is 0 Å². The van der Waals surface area contributed by atoms with Gasteiger partial charge in [0.05, 0.1) is 0 Å². The molecule has 0 fully saturated rings. The average molecular weight is 399 g/mol. The Morgan fingerprint density at radius 3 is 1.46 bits per heavy atom. The van der Waals surface area contributed by atoms with Crippen LogP contribution in [0.2, 0.25) is 0 Å². The summed E-state index contributed by atoms with van der Waals surface area (Å²) in [4.78, 5) is 0. The summed E-state index contributed by atoms with van der Waals surface area (Å²) in [5, 5.41) is 9.31. The Hall–Kier alpha value is -0.666. The minimum atomic E-state index is -0.556. The molecule has 5 heteroatoms. The van der Waals surface area contributed by atoms with Crippen molar-refractivity contribution in [3.8, 4) is 0 Å². The fourth-order valence-corrected chi connectivity index (χ4v) is 2.44. The fraction of sp³-hybridized carbons (Fsp3) is 0.368. The first kappa shape index (κ1) is 21.4. The Morgan fingerprint density at radius 2 is 1.12 bits per heavy atom. The first-order valence-corrected chi connectivity index (χ1v) is 12.2. The van der Waals surface area contributed by atoms with Crippen LogP contribution in [-0.2, 0) is 17.0 Å². The van der Waals surface area contributed by atoms with Gasteiger partial charge in [0.15, 0.2) is 0 Å². The number of hydrogen-bond acceptors (Lipinski definition) is 0. The van der Waals surface area contributed by atoms with Crippen molar-refractivity contribution in [3.05, 3.63) is 69.3 Å². The molecule has 2 rings (SSSR count). The molecule has 0 bridgehead atoms. The first-order chi connectivity index (χ1) is 11.5. The van der Waals surface area contributed by atoms with Gasteiger partial charge in [-0.3, -0.25) is 0 Å². The molecule has 0 saturated carbocycles. The second-order valence-corrected chi connectivity index (χ2v) is 8.35. The average Bonchev–Trinajstić information content (AvgIpc) is 2.51. The number of benzene rings is 2. The molecule has 24 heavy (non-hydrogen) atoms. The number of halogens is 2. The molecular weight excluding hydrogens is 375 g/mol. The molecule has 2 nitrogen and oxygen atoms in total. The second kappa shape index (κ2) is 11.8. The van der Waals surface area contributed by atoms with Gasteiger partial charge in [-0.1, -0.05) is 65.1 Å². The van der Waals surface area contributed by atoms with E-state index < -0.39 is 17.0 Å². The Kier molecular flexibility index (Phi) is 10.5. The summed E-state index contributed by atoms with van der Waals surface area (Å²) in [5.41, 5.74) is 7.29. The van der Waals surface area contributed by atoms with Crippen LogP contribution in [0.4, 0.5) is 11.4 Å². The van der Waals surface area contributed by atoms with Gasteiger partial charge < -0.3 is 10.6 Å². The minimum absolute atomic E-state index is 0.556. The van der Waals surface area contributed by atoms with Crippen molar-refractivity contribution in [1.82, 2.24) is 0 Å². The third kappa shape index (κ3) is 7.94. The predicted octanol–water partition coefficient (Wildman–Crippen LogP) is 7.40. The van der Waals surface area contributed by atoms with Gasteiger partial charge in [0.2, 0.25) is 0 Å². The van der Waals surface area contributed by atoms with Gasteiger partial charge >= 0.3 is 35.6 Å². The van der Waals surface area contributed by atoms with Crippen LogP contribution < -0.4 is 0 Å². The molecule has 0 radical (unpaired) electrons. The van der Waals surface area contributed by atoms with Crippen LogP contribution >= 0.6 is 18.6 Å². The van der Waals surface area contributed by atoms with Crippen LogP contribution in [0.25, 0.3) is 10.6 Å². The summed E-state index contributed by atoms with van der Waals surface area (Å²) in [7, 11) is 9.78. The molecule has 0 atom stereocenters. The van der Waals surface area contributed by atoms with Gasteiger partial charge in [-0.05, 0) is 27.7 Å². The number of aryl methyl sites for hydroxylation is 4. The van der Waals surface area contributed by atoms with E-state index >= 15 is 0 Å². The van der Waals surface area contributed by atoms with E-state index in [9.17, 15) is 0 Å². The summed E-state index contributed by atoms with van der Waals surface area (Å²) < 4.78 is 0. The molecule has 0 N–H and O–H groups in total. The van der Waals surface area contributed by atoms with Crippen molar-refractivity contribution >= 4 is 30.0 Å². The number of nitrogens with zero attached hydrogens (tertiary/aromatic N) is 2. The third-order valence-electron chi connectivity index (χ3n) is 3.59. The topological polar surface area (TPSA) is 28.2 Å². The molecule has 0 aromatic heterocycles. The fourth-order valence-electron chi connectivity index (χ4n) is 2.44. The zero-order valence-electron chi connectivity index (χ0n) is 14.7. The molecule has 0 aliphatic rings. The Balaban J connectivity index is 0.000000891. The SMILES string of the molecule is Cc1ccc([N-]CCC[N-]c2ccc(C)cc2C)c(C)c1.[Cl][Ti][Cl]. The van der Waals surface area contributed by atoms with Crippen LogP contribution in [0.5, 0.6) is 0 Å². The molecule has 2 aromatic carbocycles. The summed E-state index contributed by atoms with van der Waals surface area (Å²) in [6.45, 7) is 10.1. The van der Waals surface area contributed by atoms with E-state index in [0.717, 1.165) is 30.9 Å². The van der Waals surface area contributed by atoms with Crippen molar-refractivity contribution in [3.63, 3.8) is 0 Å². The van der Waals surface area contributed by atoms with E-state index in [0.29, 0.717) is 0 Å². The van der Waals surface area contributed by atoms with Gasteiger partial charge in [0.25, 0.3) is 0 Å². The standard InChI is InChI=1S/C19H24N2.2ClH.Ti/c1-14-6-8-18(16(3)12-14)20-10-5-11-21-19-9-7-15(2)13-17(19)4;;;/h6-9,12-13H,5,10-11H2,1-4H3;2*1H;/q-2;;;+2/p-2. The van der Waals surface area contributed by atoms with Gasteiger partial charge in [-0.25, -0.2) is 0 Å². The van der Waals surface area contributed by atoms with Crippen molar-refractivity contribution in [1.29, 1.82) is 0 Å². The van der Waals surface area contributed by atoms with Crippen LogP contribution in [0.1, 0.15) is 28.7 Å². The van der Waals surface area contributed by atoms with Gasteiger partial charge in [0.1, 0.15) is 0 Å². The third-order valence-corrected chi connectivity index (χ3v) is 3.59. The number of hydrogen-bond donors (Lipinski definition) is 0. The van der Waals surface area contributed by atoms with Crippen molar-refractivity contribution < 1.29 is 17.0 Å². The van der Waals surface area contributed by atoms with Gasteiger partial charge in [0, 0.05) is 0 Å². The molecule has 0 unspecified atom stereocenters. The molecule has 0 spiro atoms. The summed E-state index contributed by atoms with van der Waals surface area (Å²) in [6, 6.07) is 12.8. The summed E-state index contributed by atoms with van der Waals surface area (Å²) >= 11 is -0.556. The van der Waals surface area contributed by atoms with Crippen LogP contribution in [0.3, 0.4) is 0 Å². The van der Waals surface area contributed by atoms with E-state index in [4.69, 9.17) is 18.6 Å². The maximum atomic E-state index is 4.89. The zero-order chi connectivity index (χ0) is 17.9. The molecule has 0 aliphatic heterocycles. The van der Waals surface area contributed by atoms with E-state index in [-0.39, 0.29) is 0 Å².